The van der Waals surface area contributed by atoms with Crippen LogP contribution in [0.5, 0.6) is 0 Å². The fourth-order valence-corrected chi connectivity index (χ4v) is 7.47. The lowest BCUT2D eigenvalue weighted by molar-refractivity contribution is 0.397. The van der Waals surface area contributed by atoms with Crippen molar-refractivity contribution in [3.63, 3.8) is 0 Å². The number of sulfone groups is 1. The van der Waals surface area contributed by atoms with Crippen molar-refractivity contribution in [3.8, 4) is 0 Å². The topological polar surface area (TPSA) is 74.7 Å². The number of nitrogens with zero attached hydrogens (tertiary/aromatic N) is 3. The molecule has 0 spiro atoms. The Hall–Kier alpha value is -2.10. The maximum atomic E-state index is 11.8. The minimum absolute atomic E-state index is 0.328. The first-order valence-corrected chi connectivity index (χ1v) is 14.4. The van der Waals surface area contributed by atoms with Gasteiger partial charge in [0.2, 0.25) is 0 Å². The predicted molar refractivity (Wildman–Crippen MR) is 135 cm³/mol. The quantitative estimate of drug-likeness (QED) is 0.532. The highest BCUT2D eigenvalue weighted by atomic mass is 32.2. The minimum Gasteiger partial charge on any atom is -0.361 e. The highest BCUT2D eigenvalue weighted by molar-refractivity contribution is 8.14. The molecule has 0 bridgehead atoms. The summed E-state index contributed by atoms with van der Waals surface area (Å²) in [5, 5.41) is 6.02. The number of hydrogen-bond acceptors (Lipinski definition) is 7. The van der Waals surface area contributed by atoms with Crippen molar-refractivity contribution in [2.75, 3.05) is 25.2 Å². The lowest BCUT2D eigenvalue weighted by Crippen LogP contribution is -2.30. The average molecular weight is 487 g/mol. The van der Waals surface area contributed by atoms with Gasteiger partial charge in [-0.3, -0.25) is 0 Å². The number of nitrogens with one attached hydrogen (secondary N) is 1. The van der Waals surface area contributed by atoms with Gasteiger partial charge in [0.15, 0.2) is 20.1 Å². The largest absolute Gasteiger partial charge is 0.361 e. The molecule has 6 nitrogen and oxygen atoms in total. The van der Waals surface area contributed by atoms with Crippen LogP contribution in [0.15, 0.2) is 52.4 Å². The average Bonchev–Trinajstić information content (AvgIpc) is 3.45. The van der Waals surface area contributed by atoms with Gasteiger partial charge in [-0.1, -0.05) is 41.7 Å². The van der Waals surface area contributed by atoms with Gasteiger partial charge in [-0.05, 0) is 55.2 Å². The van der Waals surface area contributed by atoms with Crippen LogP contribution < -0.4 is 5.32 Å². The van der Waals surface area contributed by atoms with Crippen molar-refractivity contribution in [2.45, 2.75) is 41.9 Å². The summed E-state index contributed by atoms with van der Waals surface area (Å²) in [6, 6.07) is 14.2. The number of benzene rings is 2. The van der Waals surface area contributed by atoms with E-state index in [4.69, 9.17) is 4.99 Å². The van der Waals surface area contributed by atoms with E-state index in [-0.39, 0.29) is 0 Å². The summed E-state index contributed by atoms with van der Waals surface area (Å²) >= 11 is 3.41. The molecule has 0 amide bonds. The molecule has 1 aromatic heterocycles. The van der Waals surface area contributed by atoms with Crippen LogP contribution >= 0.6 is 23.1 Å². The summed E-state index contributed by atoms with van der Waals surface area (Å²) in [6.07, 6.45) is 6.02. The highest BCUT2D eigenvalue weighted by Crippen LogP contribution is 2.41. The van der Waals surface area contributed by atoms with Gasteiger partial charge in [0.05, 0.1) is 20.8 Å². The normalized spacial score (nSPS) is 22.1. The molecule has 0 radical (unpaired) electrons. The maximum Gasteiger partial charge on any atom is 0.183 e. The van der Waals surface area contributed by atoms with E-state index >= 15 is 0 Å². The summed E-state index contributed by atoms with van der Waals surface area (Å²) in [4.78, 5) is 12.1. The molecule has 3 aromatic rings. The Morgan fingerprint density at radius 1 is 1.19 bits per heavy atom. The van der Waals surface area contributed by atoms with Gasteiger partial charge in [-0.2, -0.15) is 0 Å². The van der Waals surface area contributed by atoms with Gasteiger partial charge >= 0.3 is 0 Å². The third kappa shape index (κ3) is 4.51. The van der Waals surface area contributed by atoms with Gasteiger partial charge in [-0.15, -0.1) is 0 Å². The van der Waals surface area contributed by atoms with Crippen molar-refractivity contribution in [1.29, 1.82) is 0 Å². The van der Waals surface area contributed by atoms with E-state index in [1.165, 1.54) is 42.4 Å². The van der Waals surface area contributed by atoms with Crippen molar-refractivity contribution in [3.05, 3.63) is 48.0 Å². The van der Waals surface area contributed by atoms with E-state index in [0.29, 0.717) is 16.2 Å². The molecule has 2 heterocycles. The lowest BCUT2D eigenvalue weighted by Gasteiger charge is -2.19. The first kappa shape index (κ1) is 21.7. The van der Waals surface area contributed by atoms with Gasteiger partial charge < -0.3 is 10.2 Å². The zero-order valence-corrected chi connectivity index (χ0v) is 20.6. The van der Waals surface area contributed by atoms with Crippen molar-refractivity contribution < 1.29 is 8.42 Å². The van der Waals surface area contributed by atoms with E-state index in [1.807, 2.05) is 11.8 Å². The SMILES string of the molecule is CN1C(=Nc2ccc(CCNc3nc4ccc(S(C)(=O)=O)cc4s3)cc2)SC2CCC[C@H]21. The zero-order valence-electron chi connectivity index (χ0n) is 18.1. The summed E-state index contributed by atoms with van der Waals surface area (Å²) in [7, 11) is -1.04. The number of fused-ring (bicyclic) bond motifs is 2. The maximum absolute atomic E-state index is 11.8. The number of amidine groups is 1. The third-order valence-corrected chi connectivity index (χ3v) is 9.64. The molecule has 2 aliphatic rings. The molecule has 2 atom stereocenters. The molecule has 1 unspecified atom stereocenters. The van der Waals surface area contributed by atoms with E-state index in [9.17, 15) is 8.42 Å². The van der Waals surface area contributed by atoms with Crippen molar-refractivity contribution in [2.24, 2.45) is 4.99 Å². The van der Waals surface area contributed by atoms with Crippen molar-refractivity contribution >= 4 is 59.1 Å². The number of anilines is 1. The number of hydrogen-bond donors (Lipinski definition) is 1. The second-order valence-electron chi connectivity index (χ2n) is 8.42. The van der Waals surface area contributed by atoms with Crippen LogP contribution in [0.4, 0.5) is 10.8 Å². The predicted octanol–water partition coefficient (Wildman–Crippen LogP) is 4.94. The molecule has 9 heteroatoms. The molecule has 168 valence electrons. The molecule has 1 aliphatic heterocycles. The Bertz CT molecular complexity index is 1270. The van der Waals surface area contributed by atoms with Gasteiger partial charge in [0.1, 0.15) is 0 Å². The molecule has 1 saturated carbocycles. The van der Waals surface area contributed by atoms with Crippen LogP contribution in [-0.2, 0) is 16.3 Å². The molecule has 5 rings (SSSR count). The molecular weight excluding hydrogens is 460 g/mol. The summed E-state index contributed by atoms with van der Waals surface area (Å²) in [6.45, 7) is 0.759. The lowest BCUT2D eigenvalue weighted by atomic mass is 10.1. The number of aliphatic imine (C=N–C) groups is 1. The summed E-state index contributed by atoms with van der Waals surface area (Å²) in [5.41, 5.74) is 3.06. The fraction of sp³-hybridized carbons (Fsp3) is 0.391. The number of aromatic nitrogens is 1. The summed E-state index contributed by atoms with van der Waals surface area (Å²) < 4.78 is 24.4. The van der Waals surface area contributed by atoms with E-state index < -0.39 is 9.84 Å². The van der Waals surface area contributed by atoms with Gasteiger partial charge in [0.25, 0.3) is 0 Å². The van der Waals surface area contributed by atoms with Crippen molar-refractivity contribution in [1.82, 2.24) is 9.88 Å². The number of thiazole rings is 1. The van der Waals surface area contributed by atoms with Gasteiger partial charge in [-0.25, -0.2) is 18.4 Å². The highest BCUT2D eigenvalue weighted by Gasteiger charge is 2.39. The Balaban J connectivity index is 1.18. The Labute approximate surface area is 197 Å². The number of thioether (sulfide) groups is 1. The van der Waals surface area contributed by atoms with Gasteiger partial charge in [0, 0.05) is 31.1 Å². The molecular formula is C23H26N4O2S3. The molecule has 2 aromatic carbocycles. The molecule has 1 saturated heterocycles. The standard InChI is InChI=1S/C23H26N4O2S3/c1-27-19-4-3-5-20(19)31-23(27)25-16-8-6-15(7-9-16)12-13-24-22-26-18-11-10-17(32(2,28)29)14-21(18)30-22/h6-11,14,19-20H,3-5,12-13H2,1-2H3,(H,24,26)/t19-,20?/m1/s1. The molecule has 1 N–H and O–H groups in total. The third-order valence-electron chi connectivity index (χ3n) is 6.11. The van der Waals surface area contributed by atoms with Crippen LogP contribution in [0.1, 0.15) is 24.8 Å². The minimum atomic E-state index is -3.21. The first-order chi connectivity index (χ1) is 15.4. The Morgan fingerprint density at radius 3 is 2.75 bits per heavy atom. The van der Waals surface area contributed by atoms with E-state index in [2.05, 4.69) is 46.5 Å². The summed E-state index contributed by atoms with van der Waals surface area (Å²) in [5.74, 6) is 0. The second-order valence-corrected chi connectivity index (χ2v) is 12.7. The first-order valence-electron chi connectivity index (χ1n) is 10.8. The fourth-order valence-electron chi connectivity index (χ4n) is 4.33. The van der Waals surface area contributed by atoms with Crippen LogP contribution in [0.2, 0.25) is 0 Å². The Kier molecular flexibility index (Phi) is 5.90. The van der Waals surface area contributed by atoms with Crippen LogP contribution in [-0.4, -0.2) is 54.6 Å². The Morgan fingerprint density at radius 2 is 2.00 bits per heavy atom. The molecule has 1 aliphatic carbocycles. The molecule has 32 heavy (non-hydrogen) atoms. The van der Waals surface area contributed by atoms with Crippen LogP contribution in [0.25, 0.3) is 10.2 Å². The van der Waals surface area contributed by atoms with E-state index in [0.717, 1.165) is 39.2 Å². The number of rotatable bonds is 6. The van der Waals surface area contributed by atoms with E-state index in [1.54, 1.807) is 18.2 Å². The molecule has 2 fully saturated rings. The second kappa shape index (κ2) is 8.68. The van der Waals surface area contributed by atoms with Crippen LogP contribution in [0.3, 0.4) is 0 Å². The smallest absolute Gasteiger partial charge is 0.183 e. The van der Waals surface area contributed by atoms with Crippen LogP contribution in [0, 0.1) is 0 Å². The monoisotopic (exact) mass is 486 g/mol. The zero-order chi connectivity index (χ0) is 22.3.